The van der Waals surface area contributed by atoms with E-state index in [2.05, 4.69) is 13.8 Å². The maximum atomic E-state index is 11.7. The number of amides is 2. The van der Waals surface area contributed by atoms with E-state index in [1.165, 1.54) is 6.08 Å². The van der Waals surface area contributed by atoms with Crippen LogP contribution < -0.4 is 5.73 Å². The highest BCUT2D eigenvalue weighted by Crippen LogP contribution is 2.00. The molecular formula is C12H22N2O2. The Hall–Kier alpha value is -1.32. The lowest BCUT2D eigenvalue weighted by Gasteiger charge is -2.20. The normalized spacial score (nSPS) is 10.6. The first-order valence-electron chi connectivity index (χ1n) is 5.88. The van der Waals surface area contributed by atoms with Crippen molar-refractivity contribution in [3.63, 3.8) is 0 Å². The lowest BCUT2D eigenvalue weighted by molar-refractivity contribution is -0.126. The molecule has 2 amide bonds. The van der Waals surface area contributed by atoms with E-state index in [1.807, 2.05) is 0 Å². The van der Waals surface area contributed by atoms with Crippen LogP contribution in [0.15, 0.2) is 12.2 Å². The van der Waals surface area contributed by atoms with Gasteiger partial charge in [0.2, 0.25) is 11.8 Å². The lowest BCUT2D eigenvalue weighted by Crippen LogP contribution is -2.31. The molecule has 0 spiro atoms. The third-order valence-electron chi connectivity index (χ3n) is 2.27. The van der Waals surface area contributed by atoms with Crippen molar-refractivity contribution in [1.82, 2.24) is 4.90 Å². The SMILES string of the molecule is CCCCN(CCCC)C(=O)/C=C\C(N)=O. The van der Waals surface area contributed by atoms with Crippen molar-refractivity contribution in [3.8, 4) is 0 Å². The zero-order chi connectivity index (χ0) is 12.4. The van der Waals surface area contributed by atoms with Crippen molar-refractivity contribution in [1.29, 1.82) is 0 Å². The summed E-state index contributed by atoms with van der Waals surface area (Å²) in [5, 5.41) is 0. The largest absolute Gasteiger partial charge is 0.366 e. The molecule has 0 unspecified atom stereocenters. The molecule has 0 aliphatic heterocycles. The van der Waals surface area contributed by atoms with Crippen LogP contribution in [-0.4, -0.2) is 29.8 Å². The first kappa shape index (κ1) is 14.7. The average Bonchev–Trinajstić information content (AvgIpc) is 2.26. The highest BCUT2D eigenvalue weighted by Gasteiger charge is 2.09. The molecule has 0 heterocycles. The number of nitrogens with two attached hydrogens (primary N) is 1. The van der Waals surface area contributed by atoms with Crippen molar-refractivity contribution in [2.75, 3.05) is 13.1 Å². The van der Waals surface area contributed by atoms with Gasteiger partial charge in [-0.15, -0.1) is 0 Å². The Morgan fingerprint density at radius 2 is 1.56 bits per heavy atom. The summed E-state index contributed by atoms with van der Waals surface area (Å²) in [4.78, 5) is 24.0. The topological polar surface area (TPSA) is 63.4 Å². The minimum Gasteiger partial charge on any atom is -0.366 e. The van der Waals surface area contributed by atoms with Gasteiger partial charge < -0.3 is 10.6 Å². The monoisotopic (exact) mass is 226 g/mol. The zero-order valence-corrected chi connectivity index (χ0v) is 10.2. The average molecular weight is 226 g/mol. The van der Waals surface area contributed by atoms with Gasteiger partial charge in [0.05, 0.1) is 0 Å². The van der Waals surface area contributed by atoms with Crippen LogP contribution in [0.25, 0.3) is 0 Å². The van der Waals surface area contributed by atoms with Gasteiger partial charge >= 0.3 is 0 Å². The second-order valence-corrected chi connectivity index (χ2v) is 3.77. The fraction of sp³-hybridized carbons (Fsp3) is 0.667. The summed E-state index contributed by atoms with van der Waals surface area (Å²) in [5.74, 6) is -0.708. The van der Waals surface area contributed by atoms with E-state index >= 15 is 0 Å². The summed E-state index contributed by atoms with van der Waals surface area (Å²) in [6, 6.07) is 0. The molecule has 0 saturated carbocycles. The molecule has 16 heavy (non-hydrogen) atoms. The predicted octanol–water partition coefficient (Wildman–Crippen LogP) is 1.46. The molecule has 0 rings (SSSR count). The highest BCUT2D eigenvalue weighted by molar-refractivity contribution is 5.95. The Balaban J connectivity index is 4.24. The minimum atomic E-state index is -0.584. The molecule has 92 valence electrons. The number of carbonyl (C=O) groups is 2. The van der Waals surface area contributed by atoms with Crippen molar-refractivity contribution < 1.29 is 9.59 Å². The molecule has 2 N–H and O–H groups in total. The number of carbonyl (C=O) groups excluding carboxylic acids is 2. The van der Waals surface area contributed by atoms with Gasteiger partial charge in [-0.3, -0.25) is 9.59 Å². The molecule has 4 nitrogen and oxygen atoms in total. The van der Waals surface area contributed by atoms with E-state index < -0.39 is 5.91 Å². The summed E-state index contributed by atoms with van der Waals surface area (Å²) in [5.41, 5.74) is 4.94. The summed E-state index contributed by atoms with van der Waals surface area (Å²) in [7, 11) is 0. The molecule has 0 atom stereocenters. The number of unbranched alkanes of at least 4 members (excludes halogenated alkanes) is 2. The second kappa shape index (κ2) is 8.95. The van der Waals surface area contributed by atoms with Crippen molar-refractivity contribution in [2.24, 2.45) is 5.73 Å². The van der Waals surface area contributed by atoms with E-state index in [4.69, 9.17) is 5.73 Å². The zero-order valence-electron chi connectivity index (χ0n) is 10.2. The van der Waals surface area contributed by atoms with E-state index in [1.54, 1.807) is 4.90 Å². The summed E-state index contributed by atoms with van der Waals surface area (Å²) >= 11 is 0. The number of nitrogens with zero attached hydrogens (tertiary/aromatic N) is 1. The standard InChI is InChI=1S/C12H22N2O2/c1-3-5-9-14(10-6-4-2)12(16)8-7-11(13)15/h7-8H,3-6,9-10H2,1-2H3,(H2,13,15)/b8-7-. The third kappa shape index (κ3) is 7.04. The fourth-order valence-corrected chi connectivity index (χ4v) is 1.29. The van der Waals surface area contributed by atoms with Crippen LogP contribution in [0.4, 0.5) is 0 Å². The molecule has 0 saturated heterocycles. The summed E-state index contributed by atoms with van der Waals surface area (Å²) in [6.45, 7) is 5.67. The highest BCUT2D eigenvalue weighted by atomic mass is 16.2. The number of primary amides is 1. The van der Waals surface area contributed by atoms with Crippen LogP contribution in [0.2, 0.25) is 0 Å². The molecule has 0 aliphatic carbocycles. The molecule has 0 aliphatic rings. The Bertz CT molecular complexity index is 241. The van der Waals surface area contributed by atoms with Gasteiger partial charge in [0.25, 0.3) is 0 Å². The number of hydrogen-bond donors (Lipinski definition) is 1. The molecule has 4 heteroatoms. The van der Waals surface area contributed by atoms with E-state index in [0.717, 1.165) is 44.8 Å². The molecule has 0 radical (unpaired) electrons. The van der Waals surface area contributed by atoms with Crippen molar-refractivity contribution >= 4 is 11.8 Å². The number of hydrogen-bond acceptors (Lipinski definition) is 2. The van der Waals surface area contributed by atoms with Gasteiger partial charge in [-0.05, 0) is 12.8 Å². The van der Waals surface area contributed by atoms with Gasteiger partial charge in [0, 0.05) is 25.2 Å². The van der Waals surface area contributed by atoms with Gasteiger partial charge in [-0.1, -0.05) is 26.7 Å². The van der Waals surface area contributed by atoms with Crippen LogP contribution in [0, 0.1) is 0 Å². The van der Waals surface area contributed by atoms with Crippen LogP contribution in [0.1, 0.15) is 39.5 Å². The second-order valence-electron chi connectivity index (χ2n) is 3.77. The van der Waals surface area contributed by atoms with Crippen molar-refractivity contribution in [3.05, 3.63) is 12.2 Å². The molecule has 0 bridgehead atoms. The molecule has 0 fully saturated rings. The molecule has 0 aromatic heterocycles. The van der Waals surface area contributed by atoms with Gasteiger partial charge in [0.15, 0.2) is 0 Å². The maximum absolute atomic E-state index is 11.7. The summed E-state index contributed by atoms with van der Waals surface area (Å²) in [6.07, 6.45) is 6.45. The van der Waals surface area contributed by atoms with E-state index in [0.29, 0.717) is 0 Å². The Morgan fingerprint density at radius 3 is 1.94 bits per heavy atom. The first-order chi connectivity index (χ1) is 7.61. The smallest absolute Gasteiger partial charge is 0.246 e. The van der Waals surface area contributed by atoms with Gasteiger partial charge in [-0.25, -0.2) is 0 Å². The third-order valence-corrected chi connectivity index (χ3v) is 2.27. The lowest BCUT2D eigenvalue weighted by atomic mass is 10.2. The van der Waals surface area contributed by atoms with Gasteiger partial charge in [0.1, 0.15) is 0 Å². The fourth-order valence-electron chi connectivity index (χ4n) is 1.29. The Morgan fingerprint density at radius 1 is 1.06 bits per heavy atom. The Kier molecular flexibility index (Phi) is 8.21. The molecular weight excluding hydrogens is 204 g/mol. The first-order valence-corrected chi connectivity index (χ1v) is 5.88. The Labute approximate surface area is 97.5 Å². The van der Waals surface area contributed by atoms with E-state index in [9.17, 15) is 9.59 Å². The molecule has 0 aromatic rings. The number of rotatable bonds is 8. The quantitative estimate of drug-likeness (QED) is 0.637. The van der Waals surface area contributed by atoms with Crippen LogP contribution in [-0.2, 0) is 9.59 Å². The van der Waals surface area contributed by atoms with Crippen LogP contribution >= 0.6 is 0 Å². The van der Waals surface area contributed by atoms with Crippen molar-refractivity contribution in [2.45, 2.75) is 39.5 Å². The van der Waals surface area contributed by atoms with Crippen LogP contribution in [0.3, 0.4) is 0 Å². The van der Waals surface area contributed by atoms with E-state index in [-0.39, 0.29) is 5.91 Å². The predicted molar refractivity (Wildman–Crippen MR) is 64.7 cm³/mol. The molecule has 0 aromatic carbocycles. The summed E-state index contributed by atoms with van der Waals surface area (Å²) < 4.78 is 0. The van der Waals surface area contributed by atoms with Crippen LogP contribution in [0.5, 0.6) is 0 Å². The minimum absolute atomic E-state index is 0.124. The van der Waals surface area contributed by atoms with Gasteiger partial charge in [-0.2, -0.15) is 0 Å². The maximum Gasteiger partial charge on any atom is 0.246 e.